The molecule has 0 unspecified atom stereocenters. The zero-order valence-electron chi connectivity index (χ0n) is 9.13. The average Bonchev–Trinajstić information content (AvgIpc) is 2.14. The van der Waals surface area contributed by atoms with E-state index >= 15 is 0 Å². The quantitative estimate of drug-likeness (QED) is 0.659. The maximum atomic E-state index is 5.32. The highest BCUT2D eigenvalue weighted by Crippen LogP contribution is 2.07. The second-order valence-corrected chi connectivity index (χ2v) is 9.77. The van der Waals surface area contributed by atoms with Crippen LogP contribution in [0.15, 0.2) is 0 Å². The first-order chi connectivity index (χ1) is 5.95. The Labute approximate surface area is 82.0 Å². The van der Waals surface area contributed by atoms with Gasteiger partial charge in [0.25, 0.3) is 8.48 Å². The minimum atomic E-state index is -2.69. The van der Waals surface area contributed by atoms with Crippen LogP contribution >= 0.6 is 0 Å². The van der Waals surface area contributed by atoms with Crippen molar-refractivity contribution in [3.8, 4) is 0 Å². The highest BCUT2D eigenvalue weighted by atomic mass is 28.5. The van der Waals surface area contributed by atoms with Crippen LogP contribution in [0.25, 0.3) is 0 Å². The Morgan fingerprint density at radius 1 is 0.769 bits per heavy atom. The fourth-order valence-electron chi connectivity index (χ4n) is 0.823. The molecule has 0 aliphatic heterocycles. The van der Waals surface area contributed by atoms with Gasteiger partial charge in [0.15, 0.2) is 0 Å². The lowest BCUT2D eigenvalue weighted by Crippen LogP contribution is -2.67. The lowest BCUT2D eigenvalue weighted by Gasteiger charge is -2.31. The Bertz CT molecular complexity index is 143. The summed E-state index contributed by atoms with van der Waals surface area (Å²) in [5.74, 6) is 0. The summed E-state index contributed by atoms with van der Waals surface area (Å²) in [6, 6.07) is 0. The largest absolute Gasteiger partial charge is 0.590 e. The Morgan fingerprint density at radius 3 is 1.38 bits per heavy atom. The molecule has 80 valence electrons. The smallest absolute Gasteiger partial charge is 0.407 e. The highest BCUT2D eigenvalue weighted by Gasteiger charge is 2.45. The summed E-state index contributed by atoms with van der Waals surface area (Å²) in [6.07, 6.45) is 0. The molecule has 0 atom stereocenters. The van der Waals surface area contributed by atoms with Crippen molar-refractivity contribution in [1.82, 2.24) is 4.65 Å². The standard InChI is InChI=1S/C6H19NO4Si2/c1-8-12(5,6)7-13(9-2,10-3)11-4/h7H,1-6H3. The normalized spacial score (nSPS) is 13.4. The predicted octanol–water partition coefficient (Wildman–Crippen LogP) is 0.299. The van der Waals surface area contributed by atoms with Gasteiger partial charge in [-0.1, -0.05) is 0 Å². The molecule has 0 aromatic carbocycles. The molecule has 5 nitrogen and oxygen atoms in total. The van der Waals surface area contributed by atoms with Gasteiger partial charge >= 0.3 is 8.97 Å². The summed E-state index contributed by atoms with van der Waals surface area (Å²) in [7, 11) is 1.73. The van der Waals surface area contributed by atoms with Gasteiger partial charge in [0.2, 0.25) is 0 Å². The van der Waals surface area contributed by atoms with Crippen LogP contribution < -0.4 is 4.65 Å². The van der Waals surface area contributed by atoms with E-state index in [-0.39, 0.29) is 0 Å². The maximum Gasteiger partial charge on any atom is 0.590 e. The van der Waals surface area contributed by atoms with E-state index < -0.39 is 17.4 Å². The van der Waals surface area contributed by atoms with E-state index in [1.165, 1.54) is 0 Å². The van der Waals surface area contributed by atoms with Gasteiger partial charge in [-0.2, -0.15) is 0 Å². The first-order valence-corrected chi connectivity index (χ1v) is 8.58. The third-order valence-corrected chi connectivity index (χ3v) is 8.04. The van der Waals surface area contributed by atoms with Crippen LogP contribution in [-0.2, 0) is 17.7 Å². The minimum Gasteiger partial charge on any atom is -0.407 e. The lowest BCUT2D eigenvalue weighted by atomic mass is 11.8. The lowest BCUT2D eigenvalue weighted by molar-refractivity contribution is 0.115. The van der Waals surface area contributed by atoms with Gasteiger partial charge in [0, 0.05) is 28.4 Å². The molecule has 0 aromatic rings. The fraction of sp³-hybridized carbons (Fsp3) is 1.00. The minimum absolute atomic E-state index is 1.56. The predicted molar refractivity (Wildman–Crippen MR) is 54.4 cm³/mol. The third-order valence-electron chi connectivity index (χ3n) is 1.77. The van der Waals surface area contributed by atoms with E-state index in [0.717, 1.165) is 0 Å². The molecule has 0 rings (SSSR count). The van der Waals surface area contributed by atoms with Crippen molar-refractivity contribution in [2.75, 3.05) is 28.4 Å². The molecule has 0 aliphatic carbocycles. The van der Waals surface area contributed by atoms with Crippen molar-refractivity contribution in [2.45, 2.75) is 13.1 Å². The molecule has 0 aromatic heterocycles. The van der Waals surface area contributed by atoms with Crippen molar-refractivity contribution >= 4 is 17.4 Å². The fourth-order valence-corrected chi connectivity index (χ4v) is 5.91. The van der Waals surface area contributed by atoms with Crippen LogP contribution in [-0.4, -0.2) is 45.9 Å². The molecule has 7 heteroatoms. The first kappa shape index (κ1) is 13.2. The summed E-state index contributed by atoms with van der Waals surface area (Å²) in [5.41, 5.74) is 0. The molecule has 0 spiro atoms. The summed E-state index contributed by atoms with van der Waals surface area (Å²) >= 11 is 0. The molecule has 0 radical (unpaired) electrons. The van der Waals surface area contributed by atoms with Gasteiger partial charge in [-0.3, -0.25) is 4.65 Å². The molecular formula is C6H19NO4Si2. The van der Waals surface area contributed by atoms with Gasteiger partial charge in [-0.25, -0.2) is 0 Å². The van der Waals surface area contributed by atoms with Gasteiger partial charge in [0.1, 0.15) is 0 Å². The van der Waals surface area contributed by atoms with Gasteiger partial charge < -0.3 is 17.7 Å². The summed E-state index contributed by atoms with van der Waals surface area (Å²) in [6.45, 7) is 4.01. The molecule has 0 aliphatic rings. The molecule has 0 amide bonds. The van der Waals surface area contributed by atoms with E-state index in [1.54, 1.807) is 28.4 Å². The summed E-state index contributed by atoms with van der Waals surface area (Å²) in [5, 5.41) is 0. The van der Waals surface area contributed by atoms with Gasteiger partial charge in [-0.05, 0) is 13.1 Å². The van der Waals surface area contributed by atoms with Crippen molar-refractivity contribution in [3.05, 3.63) is 0 Å². The first-order valence-electron chi connectivity index (χ1n) is 3.95. The van der Waals surface area contributed by atoms with E-state index in [9.17, 15) is 0 Å². The van der Waals surface area contributed by atoms with Gasteiger partial charge in [-0.15, -0.1) is 0 Å². The Morgan fingerprint density at radius 2 is 1.15 bits per heavy atom. The van der Waals surface area contributed by atoms with Crippen LogP contribution in [0.2, 0.25) is 13.1 Å². The van der Waals surface area contributed by atoms with Crippen molar-refractivity contribution in [3.63, 3.8) is 0 Å². The maximum absolute atomic E-state index is 5.32. The number of nitrogens with one attached hydrogen (secondary N) is 1. The van der Waals surface area contributed by atoms with Crippen LogP contribution in [0.4, 0.5) is 0 Å². The van der Waals surface area contributed by atoms with E-state index in [1.807, 2.05) is 13.1 Å². The zero-order chi connectivity index (χ0) is 10.5. The summed E-state index contributed by atoms with van der Waals surface area (Å²) in [4.78, 5) is 0. The van der Waals surface area contributed by atoms with Crippen molar-refractivity contribution in [2.24, 2.45) is 0 Å². The van der Waals surface area contributed by atoms with E-state index in [2.05, 4.69) is 4.65 Å². The zero-order valence-corrected chi connectivity index (χ0v) is 11.1. The Balaban J connectivity index is 4.41. The topological polar surface area (TPSA) is 49.0 Å². The molecule has 0 heterocycles. The van der Waals surface area contributed by atoms with Crippen LogP contribution in [0, 0.1) is 0 Å². The Kier molecular flexibility index (Phi) is 5.29. The van der Waals surface area contributed by atoms with E-state index in [0.29, 0.717) is 0 Å². The van der Waals surface area contributed by atoms with Crippen LogP contribution in [0.1, 0.15) is 0 Å². The SMILES string of the molecule is CO[Si](C)(C)N[Si](OC)(OC)OC. The average molecular weight is 225 g/mol. The number of hydrogen-bond acceptors (Lipinski definition) is 5. The molecule has 0 bridgehead atoms. The summed E-state index contributed by atoms with van der Waals surface area (Å²) < 4.78 is 24.2. The van der Waals surface area contributed by atoms with Crippen LogP contribution in [0.5, 0.6) is 0 Å². The molecule has 0 saturated carbocycles. The van der Waals surface area contributed by atoms with Crippen LogP contribution in [0.3, 0.4) is 0 Å². The molecule has 0 saturated heterocycles. The second-order valence-electron chi connectivity index (χ2n) is 3.01. The highest BCUT2D eigenvalue weighted by molar-refractivity contribution is 6.81. The molecule has 1 N–H and O–H groups in total. The molecule has 0 fully saturated rings. The third kappa shape index (κ3) is 3.85. The second kappa shape index (κ2) is 5.20. The molecule has 13 heavy (non-hydrogen) atoms. The monoisotopic (exact) mass is 225 g/mol. The van der Waals surface area contributed by atoms with Crippen molar-refractivity contribution < 1.29 is 17.7 Å². The molecular weight excluding hydrogens is 206 g/mol. The van der Waals surface area contributed by atoms with Crippen molar-refractivity contribution in [1.29, 1.82) is 0 Å². The Hall–Kier alpha value is 0.234. The van der Waals surface area contributed by atoms with E-state index in [4.69, 9.17) is 17.7 Å². The van der Waals surface area contributed by atoms with Gasteiger partial charge in [0.05, 0.1) is 0 Å². The number of rotatable bonds is 6. The number of hydrogen-bond donors (Lipinski definition) is 1.